The molecular formula is C26H24N2O5S2. The number of carbonyl (C=O) groups excluding carboxylic acids is 1. The number of hydrogen-bond donors (Lipinski definition) is 2. The summed E-state index contributed by atoms with van der Waals surface area (Å²) >= 11 is 3.90. The predicted octanol–water partition coefficient (Wildman–Crippen LogP) is 4.97. The minimum absolute atomic E-state index is 0.121. The molecule has 0 atom stereocenters. The summed E-state index contributed by atoms with van der Waals surface area (Å²) in [6.45, 7) is 0.203. The Kier molecular flexibility index (Phi) is 8.69. The van der Waals surface area contributed by atoms with Gasteiger partial charge in [0.05, 0.1) is 16.4 Å². The first kappa shape index (κ1) is 24.7. The summed E-state index contributed by atoms with van der Waals surface area (Å²) in [5.41, 5.74) is 5.63. The van der Waals surface area contributed by atoms with Crippen LogP contribution in [-0.4, -0.2) is 41.3 Å². The molecule has 1 aliphatic rings. The third-order valence-electron chi connectivity index (χ3n) is 5.03. The first-order valence-corrected chi connectivity index (χ1v) is 13.0. The van der Waals surface area contributed by atoms with Crippen LogP contribution < -0.4 is 14.9 Å². The van der Waals surface area contributed by atoms with Crippen LogP contribution in [0.15, 0.2) is 77.9 Å². The highest BCUT2D eigenvalue weighted by Crippen LogP contribution is 2.45. The molecule has 3 aromatic rings. The van der Waals surface area contributed by atoms with Crippen molar-refractivity contribution < 1.29 is 24.2 Å². The van der Waals surface area contributed by atoms with Crippen molar-refractivity contribution in [2.45, 2.75) is 11.2 Å². The average molecular weight is 509 g/mol. The van der Waals surface area contributed by atoms with Gasteiger partial charge in [-0.1, -0.05) is 24.3 Å². The highest BCUT2D eigenvalue weighted by Gasteiger charge is 2.18. The number of amides is 1. The quantitative estimate of drug-likeness (QED) is 0.295. The lowest BCUT2D eigenvalue weighted by molar-refractivity contribution is -0.123. The number of carboxylic acids is 1. The van der Waals surface area contributed by atoms with Crippen LogP contribution in [0.2, 0.25) is 0 Å². The van der Waals surface area contributed by atoms with E-state index in [0.29, 0.717) is 22.7 Å². The molecule has 0 saturated carbocycles. The predicted molar refractivity (Wildman–Crippen MR) is 140 cm³/mol. The van der Waals surface area contributed by atoms with Gasteiger partial charge in [-0.25, -0.2) is 10.2 Å². The largest absolute Gasteiger partial charge is 0.489 e. The number of nitrogens with zero attached hydrogens (tertiary/aromatic N) is 1. The fourth-order valence-electron chi connectivity index (χ4n) is 3.19. The molecule has 1 aliphatic heterocycles. The molecule has 1 saturated heterocycles. The summed E-state index contributed by atoms with van der Waals surface area (Å²) in [7, 11) is 0. The van der Waals surface area contributed by atoms with Crippen molar-refractivity contribution in [1.29, 1.82) is 0 Å². The second kappa shape index (κ2) is 12.3. The highest BCUT2D eigenvalue weighted by atomic mass is 32.2. The number of ether oxygens (including phenoxy) is 2. The highest BCUT2D eigenvalue weighted by molar-refractivity contribution is 8.19. The summed E-state index contributed by atoms with van der Waals surface area (Å²) in [5.74, 6) is 2.37. The Morgan fingerprint density at radius 3 is 2.20 bits per heavy atom. The van der Waals surface area contributed by atoms with Gasteiger partial charge in [0.15, 0.2) is 6.61 Å². The first-order chi connectivity index (χ1) is 17.1. The molecule has 1 heterocycles. The van der Waals surface area contributed by atoms with Gasteiger partial charge >= 0.3 is 5.97 Å². The number of carbonyl (C=O) groups is 2. The molecule has 3 aromatic carbocycles. The van der Waals surface area contributed by atoms with E-state index < -0.39 is 5.97 Å². The van der Waals surface area contributed by atoms with Gasteiger partial charge in [0, 0.05) is 11.5 Å². The van der Waals surface area contributed by atoms with Crippen molar-refractivity contribution >= 4 is 41.6 Å². The summed E-state index contributed by atoms with van der Waals surface area (Å²) in [4.78, 5) is 22.9. The van der Waals surface area contributed by atoms with Crippen molar-refractivity contribution in [2.75, 3.05) is 18.1 Å². The van der Waals surface area contributed by atoms with E-state index in [4.69, 9.17) is 14.6 Å². The zero-order chi connectivity index (χ0) is 24.5. The standard InChI is InChI=1S/C26H24N2O5S2/c29-24(17-33-23-11-7-21(8-12-23)26-34-13-14-35-26)28-27-15-18-3-9-22(10-4-18)32-16-19-1-5-20(6-2-19)25(30)31/h1-12,15,26H,13-14,16-17H2,(H,28,29)(H,30,31)/b27-15-. The van der Waals surface area contributed by atoms with Gasteiger partial charge in [0.2, 0.25) is 0 Å². The Balaban J connectivity index is 1.17. The maximum absolute atomic E-state index is 12.0. The van der Waals surface area contributed by atoms with Crippen molar-refractivity contribution in [3.05, 3.63) is 95.1 Å². The second-order valence-electron chi connectivity index (χ2n) is 7.58. The van der Waals surface area contributed by atoms with E-state index in [1.165, 1.54) is 23.3 Å². The zero-order valence-electron chi connectivity index (χ0n) is 18.8. The van der Waals surface area contributed by atoms with Crippen molar-refractivity contribution in [1.82, 2.24) is 5.43 Å². The molecule has 0 bridgehead atoms. The molecule has 0 aliphatic carbocycles. The summed E-state index contributed by atoms with van der Waals surface area (Å²) in [6.07, 6.45) is 1.54. The lowest BCUT2D eigenvalue weighted by Gasteiger charge is -2.10. The van der Waals surface area contributed by atoms with E-state index in [1.54, 1.807) is 36.4 Å². The second-order valence-corrected chi connectivity index (χ2v) is 10.3. The molecule has 1 fully saturated rings. The number of thioether (sulfide) groups is 2. The zero-order valence-corrected chi connectivity index (χ0v) is 20.4. The number of hydrazone groups is 1. The summed E-state index contributed by atoms with van der Waals surface area (Å²) in [6, 6.07) is 21.6. The Bertz CT molecular complexity index is 1160. The van der Waals surface area contributed by atoms with Crippen LogP contribution in [0.25, 0.3) is 0 Å². The Morgan fingerprint density at radius 2 is 1.54 bits per heavy atom. The number of benzene rings is 3. The van der Waals surface area contributed by atoms with E-state index in [0.717, 1.165) is 11.1 Å². The van der Waals surface area contributed by atoms with Crippen molar-refractivity contribution in [2.24, 2.45) is 5.10 Å². The van der Waals surface area contributed by atoms with Crippen molar-refractivity contribution in [3.63, 3.8) is 0 Å². The molecule has 4 rings (SSSR count). The fourth-order valence-corrected chi connectivity index (χ4v) is 6.05. The van der Waals surface area contributed by atoms with Crippen LogP contribution in [-0.2, 0) is 11.4 Å². The smallest absolute Gasteiger partial charge is 0.335 e. The topological polar surface area (TPSA) is 97.2 Å². The average Bonchev–Trinajstić information content (AvgIpc) is 3.43. The fraction of sp³-hybridized carbons (Fsp3) is 0.192. The van der Waals surface area contributed by atoms with E-state index >= 15 is 0 Å². The molecule has 0 spiro atoms. The molecule has 180 valence electrons. The van der Waals surface area contributed by atoms with Crippen molar-refractivity contribution in [3.8, 4) is 11.5 Å². The molecule has 35 heavy (non-hydrogen) atoms. The van der Waals surface area contributed by atoms with Crippen LogP contribution in [0.4, 0.5) is 0 Å². The SMILES string of the molecule is O=C(COc1ccc(C2SCCS2)cc1)N/N=C\c1ccc(OCc2ccc(C(=O)O)cc2)cc1. The van der Waals surface area contributed by atoms with Crippen LogP contribution in [0.5, 0.6) is 11.5 Å². The van der Waals surface area contributed by atoms with Crippen LogP contribution >= 0.6 is 23.5 Å². The normalized spacial score (nSPS) is 13.6. The third-order valence-corrected chi connectivity index (χ3v) is 8.14. The van der Waals surface area contributed by atoms with Crippen LogP contribution in [0, 0.1) is 0 Å². The van der Waals surface area contributed by atoms with Gasteiger partial charge in [-0.2, -0.15) is 5.10 Å². The molecule has 1 amide bonds. The summed E-state index contributed by atoms with van der Waals surface area (Å²) < 4.78 is 11.7. The lowest BCUT2D eigenvalue weighted by Crippen LogP contribution is -2.24. The minimum atomic E-state index is -0.957. The number of aromatic carboxylic acids is 1. The molecular weight excluding hydrogens is 484 g/mol. The van der Waals surface area contributed by atoms with E-state index in [1.807, 2.05) is 59.9 Å². The Hall–Kier alpha value is -3.43. The van der Waals surface area contributed by atoms with Gasteiger partial charge in [0.1, 0.15) is 18.1 Å². The lowest BCUT2D eigenvalue weighted by atomic mass is 10.1. The molecule has 9 heteroatoms. The number of rotatable bonds is 10. The third kappa shape index (κ3) is 7.53. The van der Waals surface area contributed by atoms with Crippen LogP contribution in [0.1, 0.15) is 31.6 Å². The van der Waals surface area contributed by atoms with E-state index in [9.17, 15) is 9.59 Å². The molecule has 0 aromatic heterocycles. The molecule has 7 nitrogen and oxygen atoms in total. The maximum atomic E-state index is 12.0. The molecule has 0 radical (unpaired) electrons. The Morgan fingerprint density at radius 1 is 0.914 bits per heavy atom. The Labute approximate surface area is 211 Å². The monoisotopic (exact) mass is 508 g/mol. The number of hydrogen-bond acceptors (Lipinski definition) is 7. The summed E-state index contributed by atoms with van der Waals surface area (Å²) in [5, 5.41) is 12.9. The van der Waals surface area contributed by atoms with Gasteiger partial charge in [0.25, 0.3) is 5.91 Å². The van der Waals surface area contributed by atoms with Gasteiger partial charge in [-0.05, 0) is 65.2 Å². The molecule has 2 N–H and O–H groups in total. The first-order valence-electron chi connectivity index (χ1n) is 10.9. The van der Waals surface area contributed by atoms with Crippen LogP contribution in [0.3, 0.4) is 0 Å². The number of nitrogens with one attached hydrogen (secondary N) is 1. The maximum Gasteiger partial charge on any atom is 0.335 e. The van der Waals surface area contributed by atoms with E-state index in [2.05, 4.69) is 10.5 Å². The minimum Gasteiger partial charge on any atom is -0.489 e. The van der Waals surface area contributed by atoms with E-state index in [-0.39, 0.29) is 18.1 Å². The van der Waals surface area contributed by atoms with Gasteiger partial charge < -0.3 is 14.6 Å². The van der Waals surface area contributed by atoms with Gasteiger partial charge in [-0.15, -0.1) is 23.5 Å². The van der Waals surface area contributed by atoms with Gasteiger partial charge in [-0.3, -0.25) is 4.79 Å². The number of carboxylic acid groups (broad SMARTS) is 1. The molecule has 0 unspecified atom stereocenters.